The topological polar surface area (TPSA) is 76.0 Å². The molecule has 1 spiro atoms. The first-order chi connectivity index (χ1) is 12.5. The summed E-state index contributed by atoms with van der Waals surface area (Å²) in [7, 11) is 0. The van der Waals surface area contributed by atoms with Crippen LogP contribution in [-0.2, 0) is 15.1 Å². The fourth-order valence-electron chi connectivity index (χ4n) is 4.31. The molecule has 0 saturated heterocycles. The first-order valence-corrected chi connectivity index (χ1v) is 8.74. The molecule has 4 aliphatic rings. The summed E-state index contributed by atoms with van der Waals surface area (Å²) in [6.45, 7) is 1.94. The van der Waals surface area contributed by atoms with Gasteiger partial charge in [0.2, 0.25) is 0 Å². The van der Waals surface area contributed by atoms with Crippen LogP contribution in [0, 0.1) is 6.92 Å². The van der Waals surface area contributed by atoms with E-state index >= 15 is 0 Å². The highest BCUT2D eigenvalue weighted by atomic mass is 16.6. The number of carbonyl (C=O) groups excluding carboxylic acids is 1. The number of ether oxygens (including phenoxy) is 2. The van der Waals surface area contributed by atoms with Gasteiger partial charge in [-0.3, -0.25) is 0 Å². The van der Waals surface area contributed by atoms with Gasteiger partial charge in [0.05, 0.1) is 17.4 Å². The first kappa shape index (κ1) is 15.5. The molecule has 132 valence electrons. The summed E-state index contributed by atoms with van der Waals surface area (Å²) in [5, 5.41) is 20.0. The zero-order valence-corrected chi connectivity index (χ0v) is 14.3. The van der Waals surface area contributed by atoms with Gasteiger partial charge < -0.3 is 19.7 Å². The summed E-state index contributed by atoms with van der Waals surface area (Å²) >= 11 is 0. The molecule has 1 aromatic rings. The van der Waals surface area contributed by atoms with Crippen molar-refractivity contribution < 1.29 is 24.5 Å². The molecule has 5 nitrogen and oxygen atoms in total. The Kier molecular flexibility index (Phi) is 3.04. The lowest BCUT2D eigenvalue weighted by Gasteiger charge is -2.41. The molecule has 0 radical (unpaired) electrons. The number of aryl methyl sites for hydroxylation is 1. The van der Waals surface area contributed by atoms with Crippen LogP contribution in [0.1, 0.15) is 40.7 Å². The van der Waals surface area contributed by atoms with Gasteiger partial charge >= 0.3 is 5.97 Å². The number of fused-ring (bicyclic) bond motifs is 4. The average Bonchev–Trinajstić information content (AvgIpc) is 2.87. The predicted molar refractivity (Wildman–Crippen MR) is 93.1 cm³/mol. The molecule has 0 amide bonds. The summed E-state index contributed by atoms with van der Waals surface area (Å²) in [5.41, 5.74) is 2.90. The molecular formula is C21H18O5. The molecule has 26 heavy (non-hydrogen) atoms. The van der Waals surface area contributed by atoms with Crippen molar-refractivity contribution in [1.82, 2.24) is 0 Å². The van der Waals surface area contributed by atoms with E-state index in [0.717, 1.165) is 22.3 Å². The molecule has 2 unspecified atom stereocenters. The lowest BCUT2D eigenvalue weighted by Crippen LogP contribution is -2.38. The molecule has 0 aromatic heterocycles. The minimum absolute atomic E-state index is 0.239. The highest BCUT2D eigenvalue weighted by Crippen LogP contribution is 2.56. The standard InChI is InChI=1S/C21H18O5/c1-11-2-5-15-14(8-11)20(24)26-21(15)16-6-3-12(22)9-18(16)25-19-10-13(23)4-7-17(19)21/h2-3,5-6,8,10,12,22-23H,4,7,9H2,1H3. The van der Waals surface area contributed by atoms with Crippen molar-refractivity contribution in [3.63, 3.8) is 0 Å². The summed E-state index contributed by atoms with van der Waals surface area (Å²) < 4.78 is 12.1. The molecule has 0 fully saturated rings. The van der Waals surface area contributed by atoms with E-state index in [1.165, 1.54) is 0 Å². The van der Waals surface area contributed by atoms with E-state index in [2.05, 4.69) is 0 Å². The largest absolute Gasteiger partial charge is 0.512 e. The Morgan fingerprint density at radius 3 is 2.96 bits per heavy atom. The van der Waals surface area contributed by atoms with Crippen molar-refractivity contribution in [1.29, 1.82) is 0 Å². The number of hydrogen-bond donors (Lipinski definition) is 2. The second kappa shape index (κ2) is 5.11. The van der Waals surface area contributed by atoms with Crippen molar-refractivity contribution in [2.45, 2.75) is 37.9 Å². The van der Waals surface area contributed by atoms with E-state index in [9.17, 15) is 15.0 Å². The SMILES string of the molecule is Cc1ccc2c(c1)C(=O)OC21C2=C(CC(O)C=C2)OC2=C1CCC(O)=C2. The molecule has 0 bridgehead atoms. The molecule has 2 atom stereocenters. The van der Waals surface area contributed by atoms with Crippen molar-refractivity contribution in [3.8, 4) is 0 Å². The van der Waals surface area contributed by atoms with Gasteiger partial charge in [-0.2, -0.15) is 0 Å². The van der Waals surface area contributed by atoms with Crippen LogP contribution in [0.3, 0.4) is 0 Å². The molecule has 5 rings (SSSR count). The van der Waals surface area contributed by atoms with Crippen LogP contribution in [-0.4, -0.2) is 22.3 Å². The van der Waals surface area contributed by atoms with Crippen LogP contribution < -0.4 is 0 Å². The maximum atomic E-state index is 12.7. The summed E-state index contributed by atoms with van der Waals surface area (Å²) in [5.74, 6) is 0.966. The second-order valence-electron chi connectivity index (χ2n) is 7.17. The van der Waals surface area contributed by atoms with E-state index in [4.69, 9.17) is 9.47 Å². The van der Waals surface area contributed by atoms with Gasteiger partial charge in [0, 0.05) is 35.6 Å². The predicted octanol–water partition coefficient (Wildman–Crippen LogP) is 3.46. The molecule has 1 aromatic carbocycles. The van der Waals surface area contributed by atoms with E-state index in [1.54, 1.807) is 18.2 Å². The van der Waals surface area contributed by atoms with Gasteiger partial charge in [0.25, 0.3) is 0 Å². The molecule has 2 aliphatic carbocycles. The third kappa shape index (κ3) is 1.92. The van der Waals surface area contributed by atoms with Gasteiger partial charge in [-0.1, -0.05) is 29.8 Å². The van der Waals surface area contributed by atoms with Crippen LogP contribution in [0.4, 0.5) is 0 Å². The summed E-state index contributed by atoms with van der Waals surface area (Å²) in [4.78, 5) is 12.7. The molecule has 2 heterocycles. The molecule has 0 saturated carbocycles. The Bertz CT molecular complexity index is 978. The van der Waals surface area contributed by atoms with Crippen LogP contribution in [0.5, 0.6) is 0 Å². The molecule has 2 N–H and O–H groups in total. The minimum Gasteiger partial charge on any atom is -0.512 e. The van der Waals surface area contributed by atoms with Gasteiger partial charge in [-0.15, -0.1) is 0 Å². The van der Waals surface area contributed by atoms with Gasteiger partial charge in [0.15, 0.2) is 5.60 Å². The van der Waals surface area contributed by atoms with E-state index in [0.29, 0.717) is 36.3 Å². The summed E-state index contributed by atoms with van der Waals surface area (Å²) in [6, 6.07) is 5.75. The number of aliphatic hydroxyl groups is 2. The summed E-state index contributed by atoms with van der Waals surface area (Å²) in [6.07, 6.45) is 5.75. The number of esters is 1. The zero-order chi connectivity index (χ0) is 18.1. The van der Waals surface area contributed by atoms with Crippen molar-refractivity contribution in [3.05, 3.63) is 81.5 Å². The van der Waals surface area contributed by atoms with Crippen LogP contribution >= 0.6 is 0 Å². The first-order valence-electron chi connectivity index (χ1n) is 8.74. The van der Waals surface area contributed by atoms with Crippen LogP contribution in [0.2, 0.25) is 0 Å². The Hall–Kier alpha value is -2.79. The Labute approximate surface area is 150 Å². The number of hydrogen-bond acceptors (Lipinski definition) is 5. The van der Waals surface area contributed by atoms with Crippen molar-refractivity contribution >= 4 is 5.97 Å². The zero-order valence-electron chi connectivity index (χ0n) is 14.3. The number of carbonyl (C=O) groups is 1. The maximum Gasteiger partial charge on any atom is 0.340 e. The fourth-order valence-corrected chi connectivity index (χ4v) is 4.31. The lowest BCUT2D eigenvalue weighted by atomic mass is 9.72. The fraction of sp³-hybridized carbons (Fsp3) is 0.286. The van der Waals surface area contributed by atoms with Gasteiger partial charge in [0.1, 0.15) is 11.5 Å². The Morgan fingerprint density at radius 1 is 1.27 bits per heavy atom. The van der Waals surface area contributed by atoms with E-state index in [-0.39, 0.29) is 11.7 Å². The highest BCUT2D eigenvalue weighted by molar-refractivity contribution is 5.97. The molecule has 2 aliphatic heterocycles. The minimum atomic E-state index is -1.04. The third-order valence-electron chi connectivity index (χ3n) is 5.46. The van der Waals surface area contributed by atoms with Crippen LogP contribution in [0.15, 0.2) is 64.9 Å². The number of allylic oxidation sites excluding steroid dienone is 2. The van der Waals surface area contributed by atoms with Crippen molar-refractivity contribution in [2.24, 2.45) is 0 Å². The number of benzene rings is 1. The quantitative estimate of drug-likeness (QED) is 0.701. The number of aliphatic hydroxyl groups excluding tert-OH is 2. The van der Waals surface area contributed by atoms with Crippen molar-refractivity contribution in [2.75, 3.05) is 0 Å². The highest BCUT2D eigenvalue weighted by Gasteiger charge is 2.55. The maximum absolute atomic E-state index is 12.7. The monoisotopic (exact) mass is 350 g/mol. The van der Waals surface area contributed by atoms with Crippen LogP contribution in [0.25, 0.3) is 0 Å². The average molecular weight is 350 g/mol. The normalized spacial score (nSPS) is 29.1. The van der Waals surface area contributed by atoms with Gasteiger partial charge in [-0.05, 0) is 19.4 Å². The van der Waals surface area contributed by atoms with E-state index < -0.39 is 11.7 Å². The lowest BCUT2D eigenvalue weighted by molar-refractivity contribution is 0.0148. The Balaban J connectivity index is 1.81. The van der Waals surface area contributed by atoms with E-state index in [1.807, 2.05) is 25.1 Å². The Morgan fingerprint density at radius 2 is 2.12 bits per heavy atom. The molecular weight excluding hydrogens is 332 g/mol. The third-order valence-corrected chi connectivity index (χ3v) is 5.46. The molecule has 5 heteroatoms. The van der Waals surface area contributed by atoms with Gasteiger partial charge in [-0.25, -0.2) is 4.79 Å². The smallest absolute Gasteiger partial charge is 0.340 e. The number of rotatable bonds is 0. The second-order valence-corrected chi connectivity index (χ2v) is 7.17.